The van der Waals surface area contributed by atoms with Crippen LogP contribution in [0.1, 0.15) is 37.8 Å². The van der Waals surface area contributed by atoms with Gasteiger partial charge in [0.15, 0.2) is 0 Å². The molecule has 6 heteroatoms. The Bertz CT molecular complexity index is 1020. The molecule has 1 heterocycles. The van der Waals surface area contributed by atoms with Gasteiger partial charge in [0.2, 0.25) is 0 Å². The van der Waals surface area contributed by atoms with Crippen LogP contribution < -0.4 is 4.74 Å². The maximum Gasteiger partial charge on any atom is 0.307 e. The first-order valence-electron chi connectivity index (χ1n) is 10.4. The van der Waals surface area contributed by atoms with Gasteiger partial charge >= 0.3 is 5.97 Å². The number of aryl methyl sites for hydroxylation is 2. The molecule has 3 rings (SSSR count). The van der Waals surface area contributed by atoms with E-state index in [4.69, 9.17) is 21.4 Å². The van der Waals surface area contributed by atoms with E-state index in [0.29, 0.717) is 11.6 Å². The van der Waals surface area contributed by atoms with Crippen LogP contribution in [0.5, 0.6) is 5.75 Å². The molecule has 4 nitrogen and oxygen atoms in total. The molecule has 0 aliphatic carbocycles. The van der Waals surface area contributed by atoms with Gasteiger partial charge in [0.25, 0.3) is 0 Å². The topological polar surface area (TPSA) is 51.5 Å². The normalized spacial score (nSPS) is 11.2. The van der Waals surface area contributed by atoms with Gasteiger partial charge in [-0.3, -0.25) is 4.79 Å². The number of ether oxygens (including phenoxy) is 1. The minimum absolute atomic E-state index is 0.00934. The Morgan fingerprint density at radius 1 is 1.20 bits per heavy atom. The van der Waals surface area contributed by atoms with Crippen molar-refractivity contribution in [3.63, 3.8) is 0 Å². The van der Waals surface area contributed by atoms with Crippen LogP contribution in [0.2, 0.25) is 5.02 Å². The molecule has 0 saturated carbocycles. The molecule has 0 radical (unpaired) electrons. The minimum Gasteiger partial charge on any atom is -0.493 e. The second-order valence-corrected chi connectivity index (χ2v) is 8.76. The third kappa shape index (κ3) is 5.52. The van der Waals surface area contributed by atoms with Gasteiger partial charge in [0, 0.05) is 39.9 Å². The highest BCUT2D eigenvalue weighted by Gasteiger charge is 2.11. The minimum atomic E-state index is -0.851. The van der Waals surface area contributed by atoms with Crippen LogP contribution in [0, 0.1) is 0 Å². The highest BCUT2D eigenvalue weighted by molar-refractivity contribution is 7.99. The van der Waals surface area contributed by atoms with Crippen LogP contribution in [0.4, 0.5) is 0 Å². The molecule has 0 spiro atoms. The summed E-state index contributed by atoms with van der Waals surface area (Å²) in [5.41, 5.74) is 3.28. The number of halogens is 1. The lowest BCUT2D eigenvalue weighted by molar-refractivity contribution is -0.136. The Labute approximate surface area is 187 Å². The van der Waals surface area contributed by atoms with Crippen molar-refractivity contribution in [3.05, 3.63) is 58.7 Å². The summed E-state index contributed by atoms with van der Waals surface area (Å²) in [5.74, 6) is 1.02. The lowest BCUT2D eigenvalue weighted by Gasteiger charge is -2.13. The van der Waals surface area contributed by atoms with Crippen LogP contribution in [0.3, 0.4) is 0 Å². The third-order valence-corrected chi connectivity index (χ3v) is 6.60. The third-order valence-electron chi connectivity index (χ3n) is 5.02. The second kappa shape index (κ2) is 10.8. The summed E-state index contributed by atoms with van der Waals surface area (Å²) in [7, 11) is 0. The summed E-state index contributed by atoms with van der Waals surface area (Å²) in [4.78, 5) is 11.8. The molecular weight excluding hydrogens is 418 g/mol. The molecule has 1 aromatic heterocycles. The Morgan fingerprint density at radius 3 is 2.73 bits per heavy atom. The lowest BCUT2D eigenvalue weighted by atomic mass is 10.0. The Balaban J connectivity index is 1.56. The maximum atomic E-state index is 10.8. The maximum absolute atomic E-state index is 10.8. The number of fused-ring (bicyclic) bond motifs is 1. The van der Waals surface area contributed by atoms with Crippen molar-refractivity contribution in [2.45, 2.75) is 51.0 Å². The number of aliphatic carboxylic acids is 1. The summed E-state index contributed by atoms with van der Waals surface area (Å²) in [5, 5.41) is 10.8. The van der Waals surface area contributed by atoms with Crippen LogP contribution in [-0.4, -0.2) is 28.0 Å². The smallest absolute Gasteiger partial charge is 0.307 e. The SMILES string of the molecule is CCCc1c(OCCCSc2ccc(CC(=O)O)cc2Cl)ccc2c1ccn2CC. The quantitative estimate of drug-likeness (QED) is 0.272. The number of hydrogen-bond donors (Lipinski definition) is 1. The number of rotatable bonds is 11. The van der Waals surface area contributed by atoms with E-state index in [1.54, 1.807) is 17.8 Å². The fraction of sp³-hybridized carbons (Fsp3) is 0.375. The van der Waals surface area contributed by atoms with Gasteiger partial charge in [-0.15, -0.1) is 11.8 Å². The van der Waals surface area contributed by atoms with Gasteiger partial charge in [0.1, 0.15) is 5.75 Å². The summed E-state index contributed by atoms with van der Waals surface area (Å²) >= 11 is 7.97. The van der Waals surface area contributed by atoms with E-state index < -0.39 is 5.97 Å². The number of nitrogens with zero attached hydrogens (tertiary/aromatic N) is 1. The molecule has 3 aromatic rings. The largest absolute Gasteiger partial charge is 0.493 e. The number of benzene rings is 2. The number of thioether (sulfide) groups is 1. The first-order valence-corrected chi connectivity index (χ1v) is 11.8. The summed E-state index contributed by atoms with van der Waals surface area (Å²) in [6, 6.07) is 11.9. The number of hydrogen-bond acceptors (Lipinski definition) is 3. The van der Waals surface area contributed by atoms with Crippen molar-refractivity contribution in [3.8, 4) is 5.75 Å². The molecule has 0 bridgehead atoms. The van der Waals surface area contributed by atoms with Crippen molar-refractivity contribution in [2.75, 3.05) is 12.4 Å². The Kier molecular flexibility index (Phi) is 8.11. The van der Waals surface area contributed by atoms with E-state index in [2.05, 4.69) is 42.8 Å². The van der Waals surface area contributed by atoms with Gasteiger partial charge in [0.05, 0.1) is 18.1 Å². The van der Waals surface area contributed by atoms with Crippen molar-refractivity contribution in [1.82, 2.24) is 4.57 Å². The zero-order valence-electron chi connectivity index (χ0n) is 17.5. The van der Waals surface area contributed by atoms with Crippen LogP contribution in [0.25, 0.3) is 10.9 Å². The van der Waals surface area contributed by atoms with Gasteiger partial charge in [-0.2, -0.15) is 0 Å². The predicted octanol–water partition coefficient (Wildman–Crippen LogP) is 6.46. The van der Waals surface area contributed by atoms with Crippen molar-refractivity contribution >= 4 is 40.2 Å². The van der Waals surface area contributed by atoms with Crippen LogP contribution >= 0.6 is 23.4 Å². The number of aromatic nitrogens is 1. The van der Waals surface area contributed by atoms with E-state index in [0.717, 1.165) is 47.8 Å². The average Bonchev–Trinajstić information content (AvgIpc) is 3.13. The van der Waals surface area contributed by atoms with Gasteiger partial charge < -0.3 is 14.4 Å². The first-order chi connectivity index (χ1) is 14.5. The molecule has 1 N–H and O–H groups in total. The lowest BCUT2D eigenvalue weighted by Crippen LogP contribution is -2.02. The van der Waals surface area contributed by atoms with E-state index in [1.165, 1.54) is 16.5 Å². The van der Waals surface area contributed by atoms with Crippen molar-refractivity contribution in [2.24, 2.45) is 0 Å². The molecule has 0 saturated heterocycles. The van der Waals surface area contributed by atoms with Crippen molar-refractivity contribution in [1.29, 1.82) is 0 Å². The molecule has 0 amide bonds. The van der Waals surface area contributed by atoms with Crippen LogP contribution in [-0.2, 0) is 24.2 Å². The predicted molar refractivity (Wildman–Crippen MR) is 125 cm³/mol. The number of carboxylic acids is 1. The van der Waals surface area contributed by atoms with Crippen molar-refractivity contribution < 1.29 is 14.6 Å². The van der Waals surface area contributed by atoms with E-state index >= 15 is 0 Å². The first kappa shape index (κ1) is 22.6. The molecule has 0 fully saturated rings. The standard InChI is InChI=1S/C24H28ClNO3S/c1-3-6-19-18-11-12-26(4-2)21(18)8-9-22(19)29-13-5-14-30-23-10-7-17(15-20(23)25)16-24(27)28/h7-12,15H,3-6,13-14,16H2,1-2H3,(H,27,28). The highest BCUT2D eigenvalue weighted by Crippen LogP contribution is 2.31. The molecule has 0 unspecified atom stereocenters. The van der Waals surface area contributed by atoms with E-state index in [-0.39, 0.29) is 6.42 Å². The number of carbonyl (C=O) groups is 1. The Hall–Kier alpha value is -2.11. The molecule has 0 atom stereocenters. The second-order valence-electron chi connectivity index (χ2n) is 7.21. The fourth-order valence-corrected chi connectivity index (χ4v) is 4.81. The highest BCUT2D eigenvalue weighted by atomic mass is 35.5. The average molecular weight is 446 g/mol. The Morgan fingerprint density at radius 2 is 2.03 bits per heavy atom. The van der Waals surface area contributed by atoms with E-state index in [9.17, 15) is 4.79 Å². The fourth-order valence-electron chi connectivity index (χ4n) is 3.60. The molecule has 0 aliphatic rings. The summed E-state index contributed by atoms with van der Waals surface area (Å²) < 4.78 is 8.42. The molecule has 0 aliphatic heterocycles. The molecule has 30 heavy (non-hydrogen) atoms. The molecular formula is C24H28ClNO3S. The van der Waals surface area contributed by atoms with Gasteiger partial charge in [-0.05, 0) is 55.7 Å². The zero-order valence-corrected chi connectivity index (χ0v) is 19.1. The van der Waals surface area contributed by atoms with E-state index in [1.807, 2.05) is 12.1 Å². The molecule has 2 aromatic carbocycles. The number of carboxylic acid groups (broad SMARTS) is 1. The summed E-state index contributed by atoms with van der Waals surface area (Å²) in [6.07, 6.45) is 5.13. The van der Waals surface area contributed by atoms with Gasteiger partial charge in [-0.1, -0.05) is 31.0 Å². The monoisotopic (exact) mass is 445 g/mol. The van der Waals surface area contributed by atoms with Crippen LogP contribution in [0.15, 0.2) is 47.5 Å². The summed E-state index contributed by atoms with van der Waals surface area (Å²) in [6.45, 7) is 5.97. The zero-order chi connectivity index (χ0) is 21.5. The van der Waals surface area contributed by atoms with Gasteiger partial charge in [-0.25, -0.2) is 0 Å². The molecule has 160 valence electrons.